The van der Waals surface area contributed by atoms with Crippen molar-refractivity contribution in [3.8, 4) is 0 Å². The van der Waals surface area contributed by atoms with E-state index >= 15 is 0 Å². The Morgan fingerprint density at radius 2 is 1.67 bits per heavy atom. The Labute approximate surface area is 97.5 Å². The van der Waals surface area contributed by atoms with Crippen LogP contribution in [0.5, 0.6) is 0 Å². The van der Waals surface area contributed by atoms with Gasteiger partial charge in [0.2, 0.25) is 0 Å². The topological polar surface area (TPSA) is 9.23 Å². The summed E-state index contributed by atoms with van der Waals surface area (Å²) in [6.07, 6.45) is -3.17. The lowest BCUT2D eigenvalue weighted by Crippen LogP contribution is -2.28. The van der Waals surface area contributed by atoms with E-state index in [1.807, 2.05) is 13.8 Å². The Balaban J connectivity index is 3.82. The Kier molecular flexibility index (Phi) is 6.84. The first-order valence-corrected chi connectivity index (χ1v) is 6.22. The number of hydrogen-bond donors (Lipinski definition) is 0. The quantitative estimate of drug-likeness (QED) is 0.505. The predicted molar refractivity (Wildman–Crippen MR) is 58.3 cm³/mol. The van der Waals surface area contributed by atoms with Gasteiger partial charge in [0.25, 0.3) is 0 Å². The Morgan fingerprint density at radius 3 is 2.00 bits per heavy atom. The normalized spacial score (nSPS) is 13.2. The minimum Gasteiger partial charge on any atom is -0.380 e. The fourth-order valence-corrected chi connectivity index (χ4v) is 2.11. The van der Waals surface area contributed by atoms with Gasteiger partial charge in [0.15, 0.2) is 0 Å². The van der Waals surface area contributed by atoms with E-state index in [1.165, 1.54) is 0 Å². The van der Waals surface area contributed by atoms with E-state index < -0.39 is 12.6 Å². The van der Waals surface area contributed by atoms with Crippen LogP contribution in [0.4, 0.5) is 13.2 Å². The van der Waals surface area contributed by atoms with Gasteiger partial charge in [0, 0.05) is 10.7 Å². The fourth-order valence-electron chi connectivity index (χ4n) is 1.16. The SMILES string of the molecule is CCC(CC)(CBr)COCCC(F)(F)F. The van der Waals surface area contributed by atoms with E-state index in [1.54, 1.807) is 0 Å². The molecule has 0 N–H and O–H groups in total. The van der Waals surface area contributed by atoms with Crippen molar-refractivity contribution in [3.63, 3.8) is 0 Å². The molecule has 0 unspecified atom stereocenters. The zero-order chi connectivity index (χ0) is 11.9. The van der Waals surface area contributed by atoms with E-state index in [2.05, 4.69) is 15.9 Å². The second-order valence-electron chi connectivity index (χ2n) is 3.76. The maximum absolute atomic E-state index is 11.8. The molecule has 0 saturated carbocycles. The summed E-state index contributed by atoms with van der Waals surface area (Å²) in [5.41, 5.74) is -0.0222. The van der Waals surface area contributed by atoms with Crippen molar-refractivity contribution in [3.05, 3.63) is 0 Å². The lowest BCUT2D eigenvalue weighted by molar-refractivity contribution is -0.147. The molecule has 5 heteroatoms. The molecule has 0 aliphatic carbocycles. The standard InChI is InChI=1S/C10H18BrF3O/c1-3-9(4-2,7-11)8-15-6-5-10(12,13)14/h3-8H2,1-2H3. The van der Waals surface area contributed by atoms with Gasteiger partial charge >= 0.3 is 6.18 Å². The molecule has 0 aromatic carbocycles. The van der Waals surface area contributed by atoms with Crippen LogP contribution in [0.3, 0.4) is 0 Å². The largest absolute Gasteiger partial charge is 0.391 e. The minimum atomic E-state index is -4.12. The van der Waals surface area contributed by atoms with Crippen LogP contribution in [-0.4, -0.2) is 24.7 Å². The smallest absolute Gasteiger partial charge is 0.380 e. The maximum Gasteiger partial charge on any atom is 0.391 e. The van der Waals surface area contributed by atoms with Gasteiger partial charge in [0.05, 0.1) is 19.6 Å². The highest BCUT2D eigenvalue weighted by Gasteiger charge is 2.28. The van der Waals surface area contributed by atoms with Crippen LogP contribution in [-0.2, 0) is 4.74 Å². The van der Waals surface area contributed by atoms with Gasteiger partial charge in [-0.25, -0.2) is 0 Å². The van der Waals surface area contributed by atoms with E-state index in [-0.39, 0.29) is 12.0 Å². The van der Waals surface area contributed by atoms with Gasteiger partial charge in [-0.15, -0.1) is 0 Å². The van der Waals surface area contributed by atoms with E-state index in [0.717, 1.165) is 18.2 Å². The summed E-state index contributed by atoms with van der Waals surface area (Å²) in [6.45, 7) is 4.20. The van der Waals surface area contributed by atoms with Crippen molar-refractivity contribution >= 4 is 15.9 Å². The average molecular weight is 291 g/mol. The van der Waals surface area contributed by atoms with Gasteiger partial charge in [-0.2, -0.15) is 13.2 Å². The molecular formula is C10H18BrF3O. The first-order chi connectivity index (χ1) is 6.89. The van der Waals surface area contributed by atoms with Crippen LogP contribution >= 0.6 is 15.9 Å². The number of hydrogen-bond acceptors (Lipinski definition) is 1. The number of ether oxygens (including phenoxy) is 1. The van der Waals surface area contributed by atoms with Crippen LogP contribution in [0, 0.1) is 5.41 Å². The molecule has 0 atom stereocenters. The molecule has 0 aliphatic heterocycles. The van der Waals surface area contributed by atoms with Gasteiger partial charge in [0.1, 0.15) is 0 Å². The van der Waals surface area contributed by atoms with Gasteiger partial charge in [-0.1, -0.05) is 29.8 Å². The fraction of sp³-hybridized carbons (Fsp3) is 1.00. The lowest BCUT2D eigenvalue weighted by Gasteiger charge is -2.29. The Bertz CT molecular complexity index is 158. The van der Waals surface area contributed by atoms with Crippen LogP contribution in [0.25, 0.3) is 0 Å². The molecule has 0 aromatic heterocycles. The first-order valence-electron chi connectivity index (χ1n) is 5.09. The molecule has 0 fully saturated rings. The number of alkyl halides is 4. The monoisotopic (exact) mass is 290 g/mol. The Morgan fingerprint density at radius 1 is 1.13 bits per heavy atom. The van der Waals surface area contributed by atoms with Crippen molar-refractivity contribution in [2.45, 2.75) is 39.3 Å². The molecule has 0 aliphatic rings. The predicted octanol–water partition coefficient (Wildman–Crippen LogP) is 4.16. The summed E-state index contributed by atoms with van der Waals surface area (Å²) in [5, 5.41) is 0.763. The van der Waals surface area contributed by atoms with E-state index in [4.69, 9.17) is 4.74 Å². The average Bonchev–Trinajstić information content (AvgIpc) is 2.18. The molecule has 1 nitrogen and oxygen atoms in total. The molecule has 0 aromatic rings. The number of halogens is 4. The minimum absolute atomic E-state index is 0.0222. The summed E-state index contributed by atoms with van der Waals surface area (Å²) >= 11 is 3.38. The first kappa shape index (κ1) is 15.2. The maximum atomic E-state index is 11.8. The van der Waals surface area contributed by atoms with Crippen LogP contribution in [0.15, 0.2) is 0 Å². The highest BCUT2D eigenvalue weighted by atomic mass is 79.9. The molecule has 0 radical (unpaired) electrons. The van der Waals surface area contributed by atoms with Gasteiger partial charge < -0.3 is 4.74 Å². The highest BCUT2D eigenvalue weighted by molar-refractivity contribution is 9.09. The van der Waals surface area contributed by atoms with Crippen molar-refractivity contribution in [1.29, 1.82) is 0 Å². The summed E-state index contributed by atoms with van der Waals surface area (Å²) in [4.78, 5) is 0. The molecule has 15 heavy (non-hydrogen) atoms. The molecule has 0 amide bonds. The molecule has 0 rings (SSSR count). The lowest BCUT2D eigenvalue weighted by atomic mass is 9.86. The summed E-state index contributed by atoms with van der Waals surface area (Å²) in [5.74, 6) is 0. The molecule has 0 bridgehead atoms. The third kappa shape index (κ3) is 6.40. The van der Waals surface area contributed by atoms with E-state index in [9.17, 15) is 13.2 Å². The van der Waals surface area contributed by atoms with Gasteiger partial charge in [-0.05, 0) is 12.8 Å². The molecule has 0 spiro atoms. The molecule has 0 heterocycles. The van der Waals surface area contributed by atoms with Crippen molar-refractivity contribution in [2.24, 2.45) is 5.41 Å². The van der Waals surface area contributed by atoms with Gasteiger partial charge in [-0.3, -0.25) is 0 Å². The third-order valence-corrected chi connectivity index (χ3v) is 3.91. The zero-order valence-corrected chi connectivity index (χ0v) is 10.7. The molecule has 92 valence electrons. The zero-order valence-electron chi connectivity index (χ0n) is 9.16. The van der Waals surface area contributed by atoms with E-state index in [0.29, 0.717) is 6.61 Å². The Hall–Kier alpha value is 0.230. The highest BCUT2D eigenvalue weighted by Crippen LogP contribution is 2.29. The van der Waals surface area contributed by atoms with Crippen molar-refractivity contribution < 1.29 is 17.9 Å². The summed E-state index contributed by atoms with van der Waals surface area (Å²) in [7, 11) is 0. The van der Waals surface area contributed by atoms with Crippen LogP contribution < -0.4 is 0 Å². The summed E-state index contributed by atoms with van der Waals surface area (Å²) < 4.78 is 40.6. The number of rotatable bonds is 7. The van der Waals surface area contributed by atoms with Crippen LogP contribution in [0.2, 0.25) is 0 Å². The van der Waals surface area contributed by atoms with Crippen LogP contribution in [0.1, 0.15) is 33.1 Å². The molecular weight excluding hydrogens is 273 g/mol. The second kappa shape index (κ2) is 6.74. The second-order valence-corrected chi connectivity index (χ2v) is 4.32. The van der Waals surface area contributed by atoms with Crippen molar-refractivity contribution in [2.75, 3.05) is 18.5 Å². The summed E-state index contributed by atoms with van der Waals surface area (Å²) in [6, 6.07) is 0. The third-order valence-electron chi connectivity index (χ3n) is 2.72. The molecule has 0 saturated heterocycles. The van der Waals surface area contributed by atoms with Crippen molar-refractivity contribution in [1.82, 2.24) is 0 Å².